The molecule has 0 aromatic heterocycles. The van der Waals surface area contributed by atoms with Gasteiger partial charge < -0.3 is 15.4 Å². The average Bonchev–Trinajstić information content (AvgIpc) is 2.78. The first-order valence-corrected chi connectivity index (χ1v) is 8.87. The van der Waals surface area contributed by atoms with Crippen molar-refractivity contribution in [1.29, 1.82) is 0 Å². The third-order valence-electron chi connectivity index (χ3n) is 5.31. The zero-order valence-electron chi connectivity index (χ0n) is 15.3. The second-order valence-corrected chi connectivity index (χ2v) is 8.33. The molecular weight excluding hydrogens is 345 g/mol. The molecule has 7 heteroatoms. The molecule has 3 rings (SSSR count). The van der Waals surface area contributed by atoms with Gasteiger partial charge in [-0.15, -0.1) is 0 Å². The van der Waals surface area contributed by atoms with Crippen molar-refractivity contribution >= 4 is 6.09 Å². The minimum atomic E-state index is -4.41. The van der Waals surface area contributed by atoms with E-state index in [0.717, 1.165) is 6.07 Å². The molecular formula is C19H25F3N2O2. The molecule has 0 unspecified atom stereocenters. The van der Waals surface area contributed by atoms with Crippen LogP contribution in [0.5, 0.6) is 0 Å². The van der Waals surface area contributed by atoms with E-state index in [9.17, 15) is 18.0 Å². The van der Waals surface area contributed by atoms with Crippen LogP contribution in [0.15, 0.2) is 18.2 Å². The third kappa shape index (κ3) is 3.41. The summed E-state index contributed by atoms with van der Waals surface area (Å²) in [5.41, 5.74) is 5.28. The summed E-state index contributed by atoms with van der Waals surface area (Å²) in [4.78, 5) is 13.8. The Balaban J connectivity index is 1.86. The van der Waals surface area contributed by atoms with E-state index in [1.807, 2.05) is 0 Å². The molecule has 1 atom stereocenters. The molecule has 1 aliphatic carbocycles. The SMILES string of the molecule is CC(C)(C)OC(=O)N1CCC2(CC1)C[C@H](N)c1cccc(C(F)(F)F)c12. The zero-order valence-corrected chi connectivity index (χ0v) is 15.3. The number of ether oxygens (including phenoxy) is 1. The molecule has 1 amide bonds. The van der Waals surface area contributed by atoms with Crippen LogP contribution in [-0.4, -0.2) is 29.7 Å². The fourth-order valence-corrected chi connectivity index (χ4v) is 4.24. The molecule has 0 bridgehead atoms. The van der Waals surface area contributed by atoms with Crippen LogP contribution >= 0.6 is 0 Å². The number of hydrogen-bond donors (Lipinski definition) is 1. The number of rotatable bonds is 0. The summed E-state index contributed by atoms with van der Waals surface area (Å²) in [6.45, 7) is 6.11. The normalized spacial score (nSPS) is 22.4. The fraction of sp³-hybridized carbons (Fsp3) is 0.632. The molecule has 26 heavy (non-hydrogen) atoms. The predicted molar refractivity (Wildman–Crippen MR) is 91.7 cm³/mol. The summed E-state index contributed by atoms with van der Waals surface area (Å²) in [5, 5.41) is 0. The molecule has 144 valence electrons. The van der Waals surface area contributed by atoms with Gasteiger partial charge in [0.2, 0.25) is 0 Å². The molecule has 1 aromatic carbocycles. The Morgan fingerprint density at radius 3 is 2.38 bits per heavy atom. The number of carbonyl (C=O) groups excluding carboxylic acids is 1. The highest BCUT2D eigenvalue weighted by Gasteiger charge is 2.50. The largest absolute Gasteiger partial charge is 0.444 e. The summed E-state index contributed by atoms with van der Waals surface area (Å²) in [5.74, 6) is 0. The number of hydrogen-bond acceptors (Lipinski definition) is 3. The molecule has 1 aromatic rings. The van der Waals surface area contributed by atoms with Gasteiger partial charge in [-0.3, -0.25) is 0 Å². The maximum Gasteiger partial charge on any atom is 0.416 e. The number of fused-ring (bicyclic) bond motifs is 2. The lowest BCUT2D eigenvalue weighted by Crippen LogP contribution is -2.46. The first-order chi connectivity index (χ1) is 11.9. The van der Waals surface area contributed by atoms with Crippen LogP contribution in [0.1, 0.15) is 62.8 Å². The van der Waals surface area contributed by atoms with Crippen molar-refractivity contribution in [3.05, 3.63) is 34.9 Å². The van der Waals surface area contributed by atoms with Crippen LogP contribution < -0.4 is 5.73 Å². The highest BCUT2D eigenvalue weighted by Crippen LogP contribution is 2.53. The second kappa shape index (κ2) is 6.15. The lowest BCUT2D eigenvalue weighted by atomic mass is 9.72. The van der Waals surface area contributed by atoms with Gasteiger partial charge in [-0.2, -0.15) is 13.2 Å². The summed E-state index contributed by atoms with van der Waals surface area (Å²) < 4.78 is 46.1. The molecule has 2 aliphatic rings. The van der Waals surface area contributed by atoms with E-state index in [0.29, 0.717) is 43.5 Å². The van der Waals surface area contributed by atoms with Crippen LogP contribution in [-0.2, 0) is 16.3 Å². The monoisotopic (exact) mass is 370 g/mol. The van der Waals surface area contributed by atoms with Crippen LogP contribution in [0.25, 0.3) is 0 Å². The highest BCUT2D eigenvalue weighted by molar-refractivity contribution is 5.68. The van der Waals surface area contributed by atoms with Gasteiger partial charge in [-0.25, -0.2) is 4.79 Å². The summed E-state index contributed by atoms with van der Waals surface area (Å²) in [6, 6.07) is 3.86. The Labute approximate surface area is 151 Å². The molecule has 1 saturated heterocycles. The lowest BCUT2D eigenvalue weighted by molar-refractivity contribution is -0.139. The van der Waals surface area contributed by atoms with E-state index in [-0.39, 0.29) is 0 Å². The summed E-state index contributed by atoms with van der Waals surface area (Å²) in [6.07, 6.45) is -3.43. The first kappa shape index (κ1) is 19.0. The first-order valence-electron chi connectivity index (χ1n) is 8.87. The van der Waals surface area contributed by atoms with Crippen molar-refractivity contribution in [3.8, 4) is 0 Å². The molecule has 1 heterocycles. The summed E-state index contributed by atoms with van der Waals surface area (Å²) >= 11 is 0. The van der Waals surface area contributed by atoms with Gasteiger partial charge in [-0.1, -0.05) is 12.1 Å². The number of benzene rings is 1. The molecule has 0 radical (unpaired) electrons. The molecule has 1 aliphatic heterocycles. The van der Waals surface area contributed by atoms with Crippen LogP contribution in [0.2, 0.25) is 0 Å². The van der Waals surface area contributed by atoms with Crippen molar-refractivity contribution in [1.82, 2.24) is 4.90 Å². The van der Waals surface area contributed by atoms with Crippen molar-refractivity contribution in [2.45, 2.75) is 63.3 Å². The van der Waals surface area contributed by atoms with E-state index in [4.69, 9.17) is 10.5 Å². The van der Waals surface area contributed by atoms with Crippen molar-refractivity contribution in [2.24, 2.45) is 5.73 Å². The minimum absolute atomic E-state index is 0.337. The topological polar surface area (TPSA) is 55.6 Å². The van der Waals surface area contributed by atoms with E-state index >= 15 is 0 Å². The van der Waals surface area contributed by atoms with Crippen LogP contribution in [0.3, 0.4) is 0 Å². The number of nitrogens with two attached hydrogens (primary N) is 1. The van der Waals surface area contributed by atoms with Gasteiger partial charge in [0.1, 0.15) is 5.60 Å². The van der Waals surface area contributed by atoms with Gasteiger partial charge in [0.15, 0.2) is 0 Å². The number of piperidine rings is 1. The summed E-state index contributed by atoms with van der Waals surface area (Å²) in [7, 11) is 0. The molecule has 2 N–H and O–H groups in total. The van der Waals surface area contributed by atoms with E-state index in [1.165, 1.54) is 6.07 Å². The average molecular weight is 370 g/mol. The van der Waals surface area contributed by atoms with Crippen molar-refractivity contribution in [3.63, 3.8) is 0 Å². The molecule has 4 nitrogen and oxygen atoms in total. The van der Waals surface area contributed by atoms with Gasteiger partial charge >= 0.3 is 12.3 Å². The highest BCUT2D eigenvalue weighted by atomic mass is 19.4. The molecule has 1 fully saturated rings. The Kier molecular flexibility index (Phi) is 4.50. The van der Waals surface area contributed by atoms with Gasteiger partial charge in [0.05, 0.1) is 5.56 Å². The number of halogens is 3. The Morgan fingerprint density at radius 1 is 1.23 bits per heavy atom. The Morgan fingerprint density at radius 2 is 1.85 bits per heavy atom. The van der Waals surface area contributed by atoms with E-state index < -0.39 is 34.9 Å². The van der Waals surface area contributed by atoms with Crippen molar-refractivity contribution < 1.29 is 22.7 Å². The maximum absolute atomic E-state index is 13.6. The molecule has 0 saturated carbocycles. The third-order valence-corrected chi connectivity index (χ3v) is 5.31. The van der Waals surface area contributed by atoms with Crippen LogP contribution in [0.4, 0.5) is 18.0 Å². The number of amides is 1. The van der Waals surface area contributed by atoms with E-state index in [1.54, 1.807) is 31.7 Å². The number of carbonyl (C=O) groups is 1. The Bertz CT molecular complexity index is 702. The van der Waals surface area contributed by atoms with Crippen LogP contribution in [0, 0.1) is 0 Å². The second-order valence-electron chi connectivity index (χ2n) is 8.33. The predicted octanol–water partition coefficient (Wildman–Crippen LogP) is 4.38. The van der Waals surface area contributed by atoms with Gasteiger partial charge in [0.25, 0.3) is 0 Å². The smallest absolute Gasteiger partial charge is 0.416 e. The zero-order chi connectivity index (χ0) is 19.3. The standard InChI is InChI=1S/C19H25F3N2O2/c1-17(2,3)26-16(25)24-9-7-18(8-10-24)11-14(23)12-5-4-6-13(15(12)18)19(20,21)22/h4-6,14H,7-11,23H2,1-3H3/t14-/m0/s1. The maximum atomic E-state index is 13.6. The number of nitrogens with zero attached hydrogens (tertiary/aromatic N) is 1. The van der Waals surface area contributed by atoms with Gasteiger partial charge in [0, 0.05) is 24.5 Å². The lowest BCUT2D eigenvalue weighted by Gasteiger charge is -2.41. The quantitative estimate of drug-likeness (QED) is 0.737. The number of alkyl halides is 3. The minimum Gasteiger partial charge on any atom is -0.444 e. The number of likely N-dealkylation sites (tertiary alicyclic amines) is 1. The Hall–Kier alpha value is -1.76. The van der Waals surface area contributed by atoms with E-state index in [2.05, 4.69) is 0 Å². The molecule has 1 spiro atoms. The van der Waals surface area contributed by atoms with Gasteiger partial charge in [-0.05, 0) is 57.2 Å². The van der Waals surface area contributed by atoms with Crippen molar-refractivity contribution in [2.75, 3.05) is 13.1 Å². The fourth-order valence-electron chi connectivity index (χ4n) is 4.24.